The summed E-state index contributed by atoms with van der Waals surface area (Å²) in [4.78, 5) is 28.8. The molecule has 0 amide bonds. The van der Waals surface area contributed by atoms with Crippen LogP contribution in [0.25, 0.3) is 5.70 Å². The van der Waals surface area contributed by atoms with E-state index in [4.69, 9.17) is 28.8 Å². The number of piperidine rings is 2. The molecular weight excluding hydrogens is 699 g/mol. The quantitative estimate of drug-likeness (QED) is 0.138. The van der Waals surface area contributed by atoms with Gasteiger partial charge in [-0.15, -0.1) is 0 Å². The highest BCUT2D eigenvalue weighted by Gasteiger charge is 2.37. The van der Waals surface area contributed by atoms with E-state index in [0.717, 1.165) is 82.7 Å². The highest BCUT2D eigenvalue weighted by molar-refractivity contribution is 6.30. The standard InChI is InChI=1S/C45H45N9O2/c1-28-9-15-40(55-28)47-38-25-32(53-19-5-3-6-20-53)11-13-34(38)36-23-31-24-37(50-45-42(31)44(49-36)51-43(52-45)30-17-18-46-27-30)35-14-12-33(54-21-7-4-8-22-54)26-39(35)48-41-16-10-29(2)56-41/h9-18,23-27,42,46-48H,3-8,19-22H2,1-2H3. The maximum atomic E-state index is 6.02. The van der Waals surface area contributed by atoms with E-state index in [1.165, 1.54) is 49.9 Å². The Hall–Kier alpha value is -6.36. The first-order valence-corrected chi connectivity index (χ1v) is 19.9. The first-order valence-electron chi connectivity index (χ1n) is 19.9. The molecule has 1 unspecified atom stereocenters. The molecule has 3 N–H and O–H groups in total. The highest BCUT2D eigenvalue weighted by Crippen LogP contribution is 2.41. The minimum Gasteiger partial charge on any atom is -0.446 e. The summed E-state index contributed by atoms with van der Waals surface area (Å²) in [5.74, 6) is 4.70. The summed E-state index contributed by atoms with van der Waals surface area (Å²) in [5, 5.41) is 7.19. The van der Waals surface area contributed by atoms with Crippen LogP contribution in [0.2, 0.25) is 0 Å². The van der Waals surface area contributed by atoms with Crippen LogP contribution in [0, 0.1) is 19.8 Å². The topological polar surface area (TPSA) is 122 Å². The number of aryl methyl sites for hydroxylation is 2. The second-order valence-electron chi connectivity index (χ2n) is 15.2. The third-order valence-electron chi connectivity index (χ3n) is 11.2. The summed E-state index contributed by atoms with van der Waals surface area (Å²) in [7, 11) is 0. The van der Waals surface area contributed by atoms with Crippen molar-refractivity contribution in [1.82, 2.24) is 4.98 Å². The van der Waals surface area contributed by atoms with Gasteiger partial charge in [0.2, 0.25) is 0 Å². The second-order valence-corrected chi connectivity index (χ2v) is 15.2. The first-order chi connectivity index (χ1) is 27.5. The van der Waals surface area contributed by atoms with Crippen molar-refractivity contribution in [3.8, 4) is 0 Å². The molecule has 2 aromatic carbocycles. The molecule has 5 aliphatic rings. The number of nitrogens with one attached hydrogen (secondary N) is 3. The Labute approximate surface area is 326 Å². The molecule has 0 spiro atoms. The first kappa shape index (κ1) is 34.2. The summed E-state index contributed by atoms with van der Waals surface area (Å²) < 4.78 is 12.0. The third kappa shape index (κ3) is 6.67. The lowest BCUT2D eigenvalue weighted by atomic mass is 9.86. The van der Waals surface area contributed by atoms with Gasteiger partial charge in [-0.2, -0.15) is 0 Å². The Balaban J connectivity index is 1.10. The summed E-state index contributed by atoms with van der Waals surface area (Å²) in [6.07, 6.45) is 15.5. The maximum Gasteiger partial charge on any atom is 0.197 e. The van der Waals surface area contributed by atoms with Crippen molar-refractivity contribution in [2.24, 2.45) is 25.9 Å². The van der Waals surface area contributed by atoms with Gasteiger partial charge in [0.15, 0.2) is 17.6 Å². The molecule has 5 aliphatic heterocycles. The molecule has 10 rings (SSSR count). The number of H-pyrrole nitrogens is 1. The van der Waals surface area contributed by atoms with Gasteiger partial charge < -0.3 is 34.3 Å². The van der Waals surface area contributed by atoms with Crippen LogP contribution in [0.5, 0.6) is 0 Å². The largest absolute Gasteiger partial charge is 0.446 e. The van der Waals surface area contributed by atoms with E-state index < -0.39 is 0 Å². The number of hydrogen-bond acceptors (Lipinski definition) is 10. The van der Waals surface area contributed by atoms with E-state index in [2.05, 4.69) is 74.0 Å². The van der Waals surface area contributed by atoms with Gasteiger partial charge in [0.25, 0.3) is 0 Å². The van der Waals surface area contributed by atoms with Crippen LogP contribution in [-0.2, 0) is 0 Å². The molecule has 282 valence electrons. The number of benzene rings is 2. The van der Waals surface area contributed by atoms with Crippen molar-refractivity contribution < 1.29 is 8.83 Å². The van der Waals surface area contributed by atoms with E-state index in [0.29, 0.717) is 29.3 Å². The van der Waals surface area contributed by atoms with Crippen LogP contribution in [0.1, 0.15) is 66.7 Å². The van der Waals surface area contributed by atoms with Gasteiger partial charge in [-0.1, -0.05) is 0 Å². The Bertz CT molecular complexity index is 2370. The number of aliphatic imine (C=N–C) groups is 4. The molecule has 11 heteroatoms. The van der Waals surface area contributed by atoms with Crippen molar-refractivity contribution in [2.45, 2.75) is 52.4 Å². The lowest BCUT2D eigenvalue weighted by Gasteiger charge is -2.31. The molecule has 0 bridgehead atoms. The van der Waals surface area contributed by atoms with Crippen molar-refractivity contribution in [3.05, 3.63) is 125 Å². The summed E-state index contributed by atoms with van der Waals surface area (Å²) in [5.41, 5.74) is 9.67. The summed E-state index contributed by atoms with van der Waals surface area (Å²) in [6, 6.07) is 23.1. The number of aromatic amines is 1. The number of dihydropyridines is 1. The zero-order valence-corrected chi connectivity index (χ0v) is 31.8. The van der Waals surface area contributed by atoms with Crippen molar-refractivity contribution in [2.75, 3.05) is 46.6 Å². The molecule has 0 aliphatic carbocycles. The molecule has 5 aromatic rings. The van der Waals surface area contributed by atoms with Gasteiger partial charge in [0.05, 0.1) is 22.8 Å². The van der Waals surface area contributed by atoms with Crippen LogP contribution in [0.3, 0.4) is 0 Å². The third-order valence-corrected chi connectivity index (χ3v) is 11.2. The van der Waals surface area contributed by atoms with E-state index in [9.17, 15) is 0 Å². The Morgan fingerprint density at radius 2 is 1.23 bits per heavy atom. The zero-order valence-electron chi connectivity index (χ0n) is 31.8. The van der Waals surface area contributed by atoms with Gasteiger partial charge in [-0.05, 0) is 125 Å². The number of allylic oxidation sites excluding steroid dienone is 2. The Kier molecular flexibility index (Phi) is 8.77. The van der Waals surface area contributed by atoms with Crippen LogP contribution in [0.15, 0.2) is 126 Å². The Morgan fingerprint density at radius 1 is 0.625 bits per heavy atom. The predicted molar refractivity (Wildman–Crippen MR) is 227 cm³/mol. The molecule has 11 nitrogen and oxygen atoms in total. The van der Waals surface area contributed by atoms with Crippen molar-refractivity contribution in [1.29, 1.82) is 0 Å². The molecule has 3 aromatic heterocycles. The molecule has 8 heterocycles. The van der Waals surface area contributed by atoms with Crippen LogP contribution in [0.4, 0.5) is 34.5 Å². The second kappa shape index (κ2) is 14.4. The number of aromatic nitrogens is 1. The Morgan fingerprint density at radius 3 is 1.82 bits per heavy atom. The molecule has 1 atom stereocenters. The van der Waals surface area contributed by atoms with E-state index in [1.54, 1.807) is 0 Å². The normalized spacial score (nSPS) is 19.3. The van der Waals surface area contributed by atoms with Gasteiger partial charge in [0, 0.05) is 78.8 Å². The van der Waals surface area contributed by atoms with Crippen LogP contribution < -0.4 is 20.4 Å². The number of rotatable bonds is 9. The number of anilines is 6. The molecule has 2 saturated heterocycles. The van der Waals surface area contributed by atoms with E-state index in [1.807, 2.05) is 56.6 Å². The van der Waals surface area contributed by atoms with E-state index in [-0.39, 0.29) is 5.92 Å². The van der Waals surface area contributed by atoms with Crippen LogP contribution in [-0.4, -0.2) is 54.4 Å². The zero-order chi connectivity index (χ0) is 37.6. The smallest absolute Gasteiger partial charge is 0.197 e. The molecule has 2 fully saturated rings. The molecule has 56 heavy (non-hydrogen) atoms. The number of nitrogens with zero attached hydrogens (tertiary/aromatic N) is 6. The summed E-state index contributed by atoms with van der Waals surface area (Å²) in [6.45, 7) is 8.12. The fourth-order valence-corrected chi connectivity index (χ4v) is 8.35. The van der Waals surface area contributed by atoms with E-state index >= 15 is 0 Å². The lowest BCUT2D eigenvalue weighted by Crippen LogP contribution is -2.34. The predicted octanol–water partition coefficient (Wildman–Crippen LogP) is 9.94. The van der Waals surface area contributed by atoms with Gasteiger partial charge >= 0.3 is 0 Å². The SMILES string of the molecule is Cc1ccc(Nc2cc(N3CCCCC3)ccc2C2=CC3=CC(c4ccc(N5CCCCC5)cc4Nc4ccc(C)o4)=NC4=NC(c5cc[nH]c5)=NC(=N2)C34)o1. The molecule has 0 saturated carbocycles. The fraction of sp³-hybridized carbons (Fsp3) is 0.289. The lowest BCUT2D eigenvalue weighted by molar-refractivity contribution is 0.550. The van der Waals surface area contributed by atoms with Gasteiger partial charge in [-0.25, -0.2) is 20.0 Å². The summed E-state index contributed by atoms with van der Waals surface area (Å²) >= 11 is 0. The monoisotopic (exact) mass is 743 g/mol. The van der Waals surface area contributed by atoms with Gasteiger partial charge in [0.1, 0.15) is 29.1 Å². The highest BCUT2D eigenvalue weighted by atomic mass is 16.4. The fourth-order valence-electron chi connectivity index (χ4n) is 8.35. The van der Waals surface area contributed by atoms with Crippen molar-refractivity contribution in [3.63, 3.8) is 0 Å². The number of furan rings is 2. The molecular formula is C45H45N9O2. The van der Waals surface area contributed by atoms with Crippen LogP contribution >= 0.6 is 0 Å². The van der Waals surface area contributed by atoms with Gasteiger partial charge in [-0.3, -0.25) is 0 Å². The van der Waals surface area contributed by atoms with Crippen molar-refractivity contribution >= 4 is 63.4 Å². The molecule has 0 radical (unpaired) electrons. The number of hydrogen-bond donors (Lipinski definition) is 3. The number of amidine groups is 3. The average Bonchev–Trinajstić information content (AvgIpc) is 4.01. The average molecular weight is 744 g/mol. The minimum atomic E-state index is -0.293. The minimum absolute atomic E-state index is 0.293. The maximum absolute atomic E-state index is 6.02.